The van der Waals surface area contributed by atoms with Gasteiger partial charge in [-0.3, -0.25) is 9.59 Å². The molecule has 1 saturated heterocycles. The van der Waals surface area contributed by atoms with E-state index in [9.17, 15) is 14.7 Å². The van der Waals surface area contributed by atoms with E-state index < -0.39 is 23.5 Å². The van der Waals surface area contributed by atoms with Crippen LogP contribution in [0.25, 0.3) is 5.76 Å². The van der Waals surface area contributed by atoms with Crippen LogP contribution in [0.4, 0.5) is 0 Å². The van der Waals surface area contributed by atoms with Crippen molar-refractivity contribution in [2.24, 2.45) is 0 Å². The predicted molar refractivity (Wildman–Crippen MR) is 123 cm³/mol. The van der Waals surface area contributed by atoms with Crippen LogP contribution in [-0.4, -0.2) is 63.3 Å². The van der Waals surface area contributed by atoms with E-state index in [4.69, 9.17) is 42.1 Å². The minimum Gasteiger partial charge on any atom is -0.507 e. The van der Waals surface area contributed by atoms with Crippen LogP contribution < -0.4 is 14.2 Å². The van der Waals surface area contributed by atoms with E-state index >= 15 is 0 Å². The quantitative estimate of drug-likeness (QED) is 0.334. The predicted octanol–water partition coefficient (Wildman–Crippen LogP) is 4.09. The average Bonchev–Trinajstić information content (AvgIpc) is 3.07. The molecule has 1 unspecified atom stereocenters. The molecular formula is C23H23Cl2NO7. The number of nitrogens with zero attached hydrogens (tertiary/aromatic N) is 1. The van der Waals surface area contributed by atoms with Gasteiger partial charge in [-0.25, -0.2) is 0 Å². The molecule has 0 aromatic heterocycles. The second-order valence-corrected chi connectivity index (χ2v) is 7.83. The van der Waals surface area contributed by atoms with Crippen molar-refractivity contribution in [1.29, 1.82) is 0 Å². The number of halogens is 2. The molecule has 1 amide bonds. The van der Waals surface area contributed by atoms with Crippen LogP contribution in [0.5, 0.6) is 17.2 Å². The maximum atomic E-state index is 13.1. The number of Topliss-reactive ketones (excluding diaryl/α,β-unsaturated/α-hetero) is 1. The zero-order valence-electron chi connectivity index (χ0n) is 18.5. The number of rotatable bonds is 8. The number of carbonyl (C=O) groups excluding carboxylic acids is 2. The van der Waals surface area contributed by atoms with Gasteiger partial charge in [0.2, 0.25) is 0 Å². The molecule has 33 heavy (non-hydrogen) atoms. The molecule has 1 aliphatic heterocycles. The molecule has 0 spiro atoms. The summed E-state index contributed by atoms with van der Waals surface area (Å²) in [7, 11) is 5.73. The summed E-state index contributed by atoms with van der Waals surface area (Å²) in [6.45, 7) is 0.317. The standard InChI is InChI=1S/C23H23Cl2NO7/c1-30-9-8-26-18(12-6-5-7-13(10-12)31-2)16(20(28)23(26)29)19(27)14-11-15(24)22(33-4)17(25)21(14)32-3/h5-7,10-11,18,27H,8-9H2,1-4H3/b19-16+. The Labute approximate surface area is 201 Å². The number of benzene rings is 2. The van der Waals surface area contributed by atoms with E-state index in [0.29, 0.717) is 11.3 Å². The summed E-state index contributed by atoms with van der Waals surface area (Å²) in [5.41, 5.74) is 0.474. The van der Waals surface area contributed by atoms with Gasteiger partial charge in [0.15, 0.2) is 11.5 Å². The summed E-state index contributed by atoms with van der Waals surface area (Å²) in [6.07, 6.45) is 0. The number of aliphatic hydroxyl groups is 1. The molecule has 0 aliphatic carbocycles. The highest BCUT2D eigenvalue weighted by molar-refractivity contribution is 6.47. The van der Waals surface area contributed by atoms with Crippen molar-refractivity contribution in [3.8, 4) is 17.2 Å². The topological polar surface area (TPSA) is 94.5 Å². The summed E-state index contributed by atoms with van der Waals surface area (Å²) in [6, 6.07) is 7.35. The zero-order chi connectivity index (χ0) is 24.3. The molecule has 1 heterocycles. The van der Waals surface area contributed by atoms with Gasteiger partial charge in [-0.15, -0.1) is 0 Å². The van der Waals surface area contributed by atoms with Gasteiger partial charge in [0.1, 0.15) is 16.5 Å². The zero-order valence-corrected chi connectivity index (χ0v) is 20.0. The Hall–Kier alpha value is -2.94. The van der Waals surface area contributed by atoms with Crippen LogP contribution in [0.2, 0.25) is 10.0 Å². The van der Waals surface area contributed by atoms with Gasteiger partial charge in [0, 0.05) is 13.7 Å². The molecule has 2 aromatic carbocycles. The van der Waals surface area contributed by atoms with Crippen molar-refractivity contribution in [2.45, 2.75) is 6.04 Å². The average molecular weight is 496 g/mol. The molecule has 0 radical (unpaired) electrons. The normalized spacial score (nSPS) is 17.4. The van der Waals surface area contributed by atoms with E-state index in [1.165, 1.54) is 39.4 Å². The number of likely N-dealkylation sites (tertiary alicyclic amines) is 1. The van der Waals surface area contributed by atoms with Gasteiger partial charge in [-0.2, -0.15) is 0 Å². The Bertz CT molecular complexity index is 1120. The molecule has 1 aliphatic rings. The molecule has 0 saturated carbocycles. The van der Waals surface area contributed by atoms with Gasteiger partial charge in [-0.05, 0) is 23.8 Å². The summed E-state index contributed by atoms with van der Waals surface area (Å²) in [5.74, 6) is -1.39. The summed E-state index contributed by atoms with van der Waals surface area (Å²) in [4.78, 5) is 27.4. The van der Waals surface area contributed by atoms with E-state index in [1.807, 2.05) is 0 Å². The van der Waals surface area contributed by atoms with Crippen molar-refractivity contribution in [2.75, 3.05) is 41.6 Å². The highest BCUT2D eigenvalue weighted by atomic mass is 35.5. The molecule has 1 fully saturated rings. The van der Waals surface area contributed by atoms with Gasteiger partial charge >= 0.3 is 0 Å². The fourth-order valence-corrected chi connectivity index (χ4v) is 4.44. The summed E-state index contributed by atoms with van der Waals surface area (Å²) in [5, 5.41) is 11.4. The van der Waals surface area contributed by atoms with E-state index in [1.54, 1.807) is 24.3 Å². The van der Waals surface area contributed by atoms with Crippen LogP contribution in [-0.2, 0) is 14.3 Å². The van der Waals surface area contributed by atoms with E-state index in [0.717, 1.165) is 0 Å². The maximum Gasteiger partial charge on any atom is 0.295 e. The molecule has 1 atom stereocenters. The molecular weight excluding hydrogens is 473 g/mol. The number of hydrogen-bond acceptors (Lipinski definition) is 7. The van der Waals surface area contributed by atoms with Gasteiger partial charge in [0.05, 0.1) is 50.1 Å². The monoisotopic (exact) mass is 495 g/mol. The first kappa shape index (κ1) is 24.7. The second kappa shape index (κ2) is 10.3. The minimum atomic E-state index is -0.903. The lowest BCUT2D eigenvalue weighted by atomic mass is 9.94. The number of aliphatic hydroxyl groups excluding tert-OH is 1. The Kier molecular flexibility index (Phi) is 7.73. The van der Waals surface area contributed by atoms with Crippen LogP contribution in [0.1, 0.15) is 17.2 Å². The number of ether oxygens (including phenoxy) is 4. The Morgan fingerprint density at radius 1 is 1.03 bits per heavy atom. The number of hydrogen-bond donors (Lipinski definition) is 1. The van der Waals surface area contributed by atoms with Crippen molar-refractivity contribution in [3.63, 3.8) is 0 Å². The minimum absolute atomic E-state index is 0.0144. The largest absolute Gasteiger partial charge is 0.507 e. The fraction of sp³-hybridized carbons (Fsp3) is 0.304. The first-order chi connectivity index (χ1) is 15.8. The lowest BCUT2D eigenvalue weighted by molar-refractivity contribution is -0.140. The first-order valence-electron chi connectivity index (χ1n) is 9.82. The number of amides is 1. The summed E-state index contributed by atoms with van der Waals surface area (Å²) >= 11 is 12.6. The van der Waals surface area contributed by atoms with Crippen molar-refractivity contribution in [1.82, 2.24) is 4.90 Å². The highest BCUT2D eigenvalue weighted by Crippen LogP contribution is 2.47. The molecule has 8 nitrogen and oxygen atoms in total. The molecule has 10 heteroatoms. The Morgan fingerprint density at radius 2 is 1.73 bits per heavy atom. The van der Waals surface area contributed by atoms with Gasteiger partial charge in [0.25, 0.3) is 11.7 Å². The van der Waals surface area contributed by atoms with Crippen LogP contribution >= 0.6 is 23.2 Å². The van der Waals surface area contributed by atoms with Gasteiger partial charge < -0.3 is 29.0 Å². The Morgan fingerprint density at radius 3 is 2.33 bits per heavy atom. The van der Waals surface area contributed by atoms with E-state index in [-0.39, 0.29) is 45.8 Å². The molecule has 2 aromatic rings. The van der Waals surface area contributed by atoms with Crippen LogP contribution in [0.3, 0.4) is 0 Å². The second-order valence-electron chi connectivity index (χ2n) is 7.05. The number of ketones is 1. The first-order valence-corrected chi connectivity index (χ1v) is 10.6. The van der Waals surface area contributed by atoms with E-state index in [2.05, 4.69) is 0 Å². The SMILES string of the molecule is COCCN1C(=O)C(=O)/C(=C(/O)c2cc(Cl)c(OC)c(Cl)c2OC)C1c1cccc(OC)c1. The third kappa shape index (κ3) is 4.46. The third-order valence-corrected chi connectivity index (χ3v) is 5.90. The molecule has 0 bridgehead atoms. The number of methoxy groups -OCH3 is 4. The Balaban J connectivity index is 2.29. The lowest BCUT2D eigenvalue weighted by Crippen LogP contribution is -2.32. The highest BCUT2D eigenvalue weighted by Gasteiger charge is 2.46. The lowest BCUT2D eigenvalue weighted by Gasteiger charge is -2.25. The van der Waals surface area contributed by atoms with Gasteiger partial charge in [-0.1, -0.05) is 35.3 Å². The van der Waals surface area contributed by atoms with Crippen LogP contribution in [0.15, 0.2) is 35.9 Å². The molecule has 1 N–H and O–H groups in total. The van der Waals surface area contributed by atoms with Crippen molar-refractivity contribution in [3.05, 3.63) is 57.1 Å². The maximum absolute atomic E-state index is 13.1. The number of carbonyl (C=O) groups is 2. The van der Waals surface area contributed by atoms with Crippen molar-refractivity contribution < 1.29 is 33.6 Å². The summed E-state index contributed by atoms with van der Waals surface area (Å²) < 4.78 is 21.0. The molecule has 3 rings (SSSR count). The fourth-order valence-electron chi connectivity index (χ4n) is 3.75. The van der Waals surface area contributed by atoms with Crippen LogP contribution in [0, 0.1) is 0 Å². The third-order valence-electron chi connectivity index (χ3n) is 5.28. The molecule has 176 valence electrons. The smallest absolute Gasteiger partial charge is 0.295 e. The van der Waals surface area contributed by atoms with Crippen molar-refractivity contribution >= 4 is 40.7 Å².